The van der Waals surface area contributed by atoms with Gasteiger partial charge in [-0.1, -0.05) is 6.92 Å². The monoisotopic (exact) mass is 267 g/mol. The molecule has 1 N–H and O–H groups in total. The first kappa shape index (κ1) is 12.8. The second kappa shape index (κ2) is 4.89. The van der Waals surface area contributed by atoms with E-state index in [-0.39, 0.29) is 22.4 Å². The Labute approximate surface area is 108 Å². The van der Waals surface area contributed by atoms with Crippen molar-refractivity contribution in [2.24, 2.45) is 0 Å². The van der Waals surface area contributed by atoms with Gasteiger partial charge in [-0.25, -0.2) is 9.69 Å². The first-order chi connectivity index (χ1) is 8.54. The average molecular weight is 267 g/mol. The Hall–Kier alpha value is -1.69. The van der Waals surface area contributed by atoms with Crippen LogP contribution in [-0.4, -0.2) is 22.9 Å². The number of piperidine rings is 1. The van der Waals surface area contributed by atoms with Gasteiger partial charge in [0.15, 0.2) is 0 Å². The summed E-state index contributed by atoms with van der Waals surface area (Å²) in [7, 11) is 0. The van der Waals surface area contributed by atoms with E-state index in [2.05, 4.69) is 0 Å². The molecule has 0 unspecified atom stereocenters. The van der Waals surface area contributed by atoms with Gasteiger partial charge in [0.2, 0.25) is 11.8 Å². The minimum Gasteiger partial charge on any atom is -0.478 e. The Morgan fingerprint density at radius 2 is 2.00 bits per heavy atom. The van der Waals surface area contributed by atoms with Gasteiger partial charge in [0.1, 0.15) is 5.00 Å². The molecule has 5 nitrogen and oxygen atoms in total. The number of aromatic carboxylic acids is 1. The first-order valence-corrected chi connectivity index (χ1v) is 6.58. The van der Waals surface area contributed by atoms with Crippen LogP contribution in [0, 0.1) is 0 Å². The number of carboxylic acids is 1. The number of rotatable bonds is 3. The highest BCUT2D eigenvalue weighted by atomic mass is 32.1. The predicted molar refractivity (Wildman–Crippen MR) is 67.0 cm³/mol. The second-order valence-electron chi connectivity index (χ2n) is 4.07. The average Bonchev–Trinajstić information content (AvgIpc) is 2.73. The van der Waals surface area contributed by atoms with Crippen LogP contribution >= 0.6 is 11.3 Å². The van der Waals surface area contributed by atoms with Gasteiger partial charge >= 0.3 is 5.97 Å². The number of hydrogen-bond acceptors (Lipinski definition) is 4. The van der Waals surface area contributed by atoms with Crippen molar-refractivity contribution in [3.8, 4) is 0 Å². The van der Waals surface area contributed by atoms with Crippen LogP contribution in [0.15, 0.2) is 6.07 Å². The van der Waals surface area contributed by atoms with Crippen LogP contribution in [-0.2, 0) is 16.0 Å². The zero-order chi connectivity index (χ0) is 13.3. The van der Waals surface area contributed by atoms with Gasteiger partial charge in [-0.15, -0.1) is 11.3 Å². The van der Waals surface area contributed by atoms with E-state index in [0.29, 0.717) is 25.7 Å². The highest BCUT2D eigenvalue weighted by Crippen LogP contribution is 2.34. The summed E-state index contributed by atoms with van der Waals surface area (Å²) in [6, 6.07) is 1.54. The maximum absolute atomic E-state index is 11.8. The first-order valence-electron chi connectivity index (χ1n) is 5.76. The number of carbonyl (C=O) groups excluding carboxylic acids is 2. The summed E-state index contributed by atoms with van der Waals surface area (Å²) in [6.45, 7) is 1.90. The summed E-state index contributed by atoms with van der Waals surface area (Å²) in [4.78, 5) is 36.7. The molecule has 6 heteroatoms. The van der Waals surface area contributed by atoms with E-state index >= 15 is 0 Å². The molecule has 0 aliphatic carbocycles. The second-order valence-corrected chi connectivity index (χ2v) is 5.18. The summed E-state index contributed by atoms with van der Waals surface area (Å²) in [5, 5.41) is 9.39. The molecule has 0 spiro atoms. The molecule has 2 rings (SSSR count). The van der Waals surface area contributed by atoms with Gasteiger partial charge in [-0.3, -0.25) is 9.59 Å². The zero-order valence-corrected chi connectivity index (χ0v) is 10.7. The SMILES string of the molecule is CCc1cc(C(=O)O)c(N2C(=O)CCCC2=O)s1. The van der Waals surface area contributed by atoms with Crippen molar-refractivity contribution in [1.82, 2.24) is 0 Å². The Morgan fingerprint density at radius 3 is 2.50 bits per heavy atom. The number of anilines is 1. The molecular weight excluding hydrogens is 254 g/mol. The van der Waals surface area contributed by atoms with Crippen LogP contribution in [0.2, 0.25) is 0 Å². The quantitative estimate of drug-likeness (QED) is 0.850. The summed E-state index contributed by atoms with van der Waals surface area (Å²) in [5.41, 5.74) is 0.0421. The molecule has 0 bridgehead atoms. The Bertz CT molecular complexity index is 504. The fraction of sp³-hybridized carbons (Fsp3) is 0.417. The third-order valence-electron chi connectivity index (χ3n) is 2.83. The van der Waals surface area contributed by atoms with Crippen molar-refractivity contribution in [2.45, 2.75) is 32.6 Å². The minimum absolute atomic E-state index is 0.0421. The molecule has 0 aromatic carbocycles. The molecule has 0 saturated carbocycles. The molecule has 1 aromatic rings. The maximum atomic E-state index is 11.8. The molecule has 0 radical (unpaired) electrons. The molecule has 96 valence electrons. The zero-order valence-electron chi connectivity index (χ0n) is 9.93. The van der Waals surface area contributed by atoms with Gasteiger partial charge in [0.25, 0.3) is 0 Å². The summed E-state index contributed by atoms with van der Waals surface area (Å²) in [5.74, 6) is -1.72. The largest absolute Gasteiger partial charge is 0.478 e. The molecule has 1 saturated heterocycles. The maximum Gasteiger partial charge on any atom is 0.338 e. The van der Waals surface area contributed by atoms with Gasteiger partial charge in [-0.05, 0) is 18.9 Å². The number of aryl methyl sites for hydroxylation is 1. The van der Waals surface area contributed by atoms with Crippen LogP contribution in [0.3, 0.4) is 0 Å². The number of amides is 2. The Kier molecular flexibility index (Phi) is 3.47. The van der Waals surface area contributed by atoms with E-state index in [1.165, 1.54) is 17.4 Å². The van der Waals surface area contributed by atoms with Crippen LogP contribution < -0.4 is 4.90 Å². The van der Waals surface area contributed by atoms with Gasteiger partial charge in [-0.2, -0.15) is 0 Å². The number of imide groups is 1. The standard InChI is InChI=1S/C12H13NO4S/c1-2-7-6-8(12(16)17)11(18-7)13-9(14)4-3-5-10(13)15/h6H,2-5H2,1H3,(H,16,17). The lowest BCUT2D eigenvalue weighted by Crippen LogP contribution is -2.40. The number of carbonyl (C=O) groups is 3. The van der Waals surface area contributed by atoms with E-state index in [4.69, 9.17) is 5.11 Å². The highest BCUT2D eigenvalue weighted by Gasteiger charge is 2.32. The fourth-order valence-electron chi connectivity index (χ4n) is 1.90. The van der Waals surface area contributed by atoms with Crippen molar-refractivity contribution in [3.63, 3.8) is 0 Å². The number of hydrogen-bond donors (Lipinski definition) is 1. The normalized spacial score (nSPS) is 16.2. The molecular formula is C12H13NO4S. The Morgan fingerprint density at radius 1 is 1.39 bits per heavy atom. The van der Waals surface area contributed by atoms with Gasteiger partial charge < -0.3 is 5.11 Å². The predicted octanol–water partition coefficient (Wildman–Crippen LogP) is 2.05. The minimum atomic E-state index is -1.10. The van der Waals surface area contributed by atoms with Crippen molar-refractivity contribution in [2.75, 3.05) is 4.90 Å². The van der Waals surface area contributed by atoms with Crippen molar-refractivity contribution in [1.29, 1.82) is 0 Å². The van der Waals surface area contributed by atoms with Gasteiger partial charge in [0.05, 0.1) is 5.56 Å². The van der Waals surface area contributed by atoms with Crippen LogP contribution in [0.5, 0.6) is 0 Å². The third-order valence-corrected chi connectivity index (χ3v) is 4.09. The number of carboxylic acid groups (broad SMARTS) is 1. The van der Waals surface area contributed by atoms with Gasteiger partial charge in [0, 0.05) is 17.7 Å². The van der Waals surface area contributed by atoms with E-state index < -0.39 is 5.97 Å². The molecule has 1 aromatic heterocycles. The smallest absolute Gasteiger partial charge is 0.338 e. The summed E-state index contributed by atoms with van der Waals surface area (Å²) < 4.78 is 0. The van der Waals surface area contributed by atoms with E-state index in [0.717, 1.165) is 9.78 Å². The molecule has 2 amide bonds. The fourth-order valence-corrected chi connectivity index (χ4v) is 3.03. The number of nitrogens with zero attached hydrogens (tertiary/aromatic N) is 1. The lowest BCUT2D eigenvalue weighted by Gasteiger charge is -2.23. The van der Waals surface area contributed by atoms with E-state index in [1.54, 1.807) is 0 Å². The van der Waals surface area contributed by atoms with Crippen LogP contribution in [0.4, 0.5) is 5.00 Å². The van der Waals surface area contributed by atoms with E-state index in [1.807, 2.05) is 6.92 Å². The molecule has 18 heavy (non-hydrogen) atoms. The van der Waals surface area contributed by atoms with Crippen LogP contribution in [0.25, 0.3) is 0 Å². The highest BCUT2D eigenvalue weighted by molar-refractivity contribution is 7.17. The molecule has 0 atom stereocenters. The van der Waals surface area contributed by atoms with Crippen molar-refractivity contribution < 1.29 is 19.5 Å². The summed E-state index contributed by atoms with van der Waals surface area (Å²) in [6.07, 6.45) is 1.82. The van der Waals surface area contributed by atoms with Crippen LogP contribution in [0.1, 0.15) is 41.4 Å². The Balaban J connectivity index is 2.48. The lowest BCUT2D eigenvalue weighted by atomic mass is 10.1. The number of thiophene rings is 1. The van der Waals surface area contributed by atoms with E-state index in [9.17, 15) is 14.4 Å². The third kappa shape index (κ3) is 2.15. The molecule has 1 aliphatic rings. The molecule has 2 heterocycles. The van der Waals surface area contributed by atoms with Crippen molar-refractivity contribution in [3.05, 3.63) is 16.5 Å². The lowest BCUT2D eigenvalue weighted by molar-refractivity contribution is -0.128. The molecule has 1 aliphatic heterocycles. The molecule has 1 fully saturated rings. The topological polar surface area (TPSA) is 74.7 Å². The summed E-state index contributed by atoms with van der Waals surface area (Å²) >= 11 is 1.21. The van der Waals surface area contributed by atoms with Crippen molar-refractivity contribution >= 4 is 34.1 Å².